The van der Waals surface area contributed by atoms with Gasteiger partial charge in [0.05, 0.1) is 0 Å². The molecule has 1 atom stereocenters. The number of hydrogen-bond acceptors (Lipinski definition) is 3. The van der Waals surface area contributed by atoms with Gasteiger partial charge in [0.2, 0.25) is 0 Å². The average Bonchev–Trinajstić information content (AvgIpc) is 2.80. The molecular formula is C13H16BrIN4. The van der Waals surface area contributed by atoms with Crippen LogP contribution < -0.4 is 5.73 Å². The third-order valence-electron chi connectivity index (χ3n) is 2.90. The van der Waals surface area contributed by atoms with Crippen LogP contribution >= 0.6 is 38.5 Å². The van der Waals surface area contributed by atoms with E-state index in [0.29, 0.717) is 12.5 Å². The summed E-state index contributed by atoms with van der Waals surface area (Å²) in [5.41, 5.74) is 7.45. The second kappa shape index (κ2) is 6.32. The molecule has 19 heavy (non-hydrogen) atoms. The van der Waals surface area contributed by atoms with Crippen molar-refractivity contribution in [1.29, 1.82) is 0 Å². The molecular weight excluding hydrogens is 419 g/mol. The molecule has 0 aliphatic rings. The Morgan fingerprint density at radius 1 is 1.42 bits per heavy atom. The first-order valence-electron chi connectivity index (χ1n) is 6.08. The van der Waals surface area contributed by atoms with Crippen LogP contribution in [0.2, 0.25) is 0 Å². The molecule has 1 aromatic carbocycles. The molecule has 0 radical (unpaired) electrons. The maximum Gasteiger partial charge on any atom is 0.138 e. The van der Waals surface area contributed by atoms with Gasteiger partial charge in [-0.1, -0.05) is 15.9 Å². The summed E-state index contributed by atoms with van der Waals surface area (Å²) in [5, 5.41) is 4.24. The molecule has 6 heteroatoms. The van der Waals surface area contributed by atoms with Crippen LogP contribution in [-0.2, 0) is 6.42 Å². The van der Waals surface area contributed by atoms with Crippen molar-refractivity contribution in [2.75, 3.05) is 0 Å². The lowest BCUT2D eigenvalue weighted by atomic mass is 10.0. The van der Waals surface area contributed by atoms with E-state index in [0.717, 1.165) is 15.9 Å². The Morgan fingerprint density at radius 2 is 2.16 bits per heavy atom. The standard InChI is InChI=1S/C13H16BrIN4/c1-8(2)19-13(17-7-18-19)6-12(16)10-5-9(14)3-4-11(10)15/h3-5,7-8,12H,6,16H2,1-2H3. The molecule has 0 bridgehead atoms. The normalized spacial score (nSPS) is 12.9. The van der Waals surface area contributed by atoms with Crippen molar-refractivity contribution in [2.45, 2.75) is 32.4 Å². The fourth-order valence-corrected chi connectivity index (χ4v) is 3.07. The summed E-state index contributed by atoms with van der Waals surface area (Å²) in [6.45, 7) is 4.18. The Kier molecular flexibility index (Phi) is 4.97. The summed E-state index contributed by atoms with van der Waals surface area (Å²) in [5.74, 6) is 0.929. The van der Waals surface area contributed by atoms with Crippen LogP contribution in [0, 0.1) is 3.57 Å². The minimum absolute atomic E-state index is 0.0777. The van der Waals surface area contributed by atoms with Gasteiger partial charge in [-0.15, -0.1) is 0 Å². The topological polar surface area (TPSA) is 56.7 Å². The minimum atomic E-state index is -0.0777. The van der Waals surface area contributed by atoms with Gasteiger partial charge in [-0.05, 0) is 60.2 Å². The van der Waals surface area contributed by atoms with Gasteiger partial charge in [0, 0.05) is 26.5 Å². The lowest BCUT2D eigenvalue weighted by molar-refractivity contribution is 0.493. The SMILES string of the molecule is CC(C)n1ncnc1CC(N)c1cc(Br)ccc1I. The van der Waals surface area contributed by atoms with Gasteiger partial charge < -0.3 is 5.73 Å². The minimum Gasteiger partial charge on any atom is -0.324 e. The van der Waals surface area contributed by atoms with Crippen molar-refractivity contribution in [2.24, 2.45) is 5.73 Å². The van der Waals surface area contributed by atoms with Gasteiger partial charge in [0.25, 0.3) is 0 Å². The van der Waals surface area contributed by atoms with Crippen LogP contribution in [0.5, 0.6) is 0 Å². The summed E-state index contributed by atoms with van der Waals surface area (Å²) in [7, 11) is 0. The van der Waals surface area contributed by atoms with E-state index >= 15 is 0 Å². The van der Waals surface area contributed by atoms with Crippen molar-refractivity contribution in [1.82, 2.24) is 14.8 Å². The van der Waals surface area contributed by atoms with Crippen LogP contribution in [-0.4, -0.2) is 14.8 Å². The number of halogens is 2. The zero-order valence-electron chi connectivity index (χ0n) is 10.8. The number of rotatable bonds is 4. The molecule has 2 rings (SSSR count). The summed E-state index contributed by atoms with van der Waals surface area (Å²) in [6.07, 6.45) is 2.28. The molecule has 0 amide bonds. The summed E-state index contributed by atoms with van der Waals surface area (Å²) in [4.78, 5) is 4.31. The summed E-state index contributed by atoms with van der Waals surface area (Å²) < 4.78 is 4.14. The zero-order chi connectivity index (χ0) is 14.0. The fraction of sp³-hybridized carbons (Fsp3) is 0.385. The third-order valence-corrected chi connectivity index (χ3v) is 4.37. The fourth-order valence-electron chi connectivity index (χ4n) is 1.96. The lowest BCUT2D eigenvalue weighted by Crippen LogP contribution is -2.19. The van der Waals surface area contributed by atoms with Crippen molar-refractivity contribution >= 4 is 38.5 Å². The first kappa shape index (κ1) is 14.9. The molecule has 2 N–H and O–H groups in total. The van der Waals surface area contributed by atoms with E-state index in [1.165, 1.54) is 3.57 Å². The van der Waals surface area contributed by atoms with Gasteiger partial charge in [0.1, 0.15) is 12.2 Å². The van der Waals surface area contributed by atoms with Gasteiger partial charge in [-0.25, -0.2) is 9.67 Å². The number of benzene rings is 1. The van der Waals surface area contributed by atoms with Gasteiger partial charge in [-0.3, -0.25) is 0 Å². The van der Waals surface area contributed by atoms with Gasteiger partial charge in [-0.2, -0.15) is 5.10 Å². The van der Waals surface area contributed by atoms with Crippen molar-refractivity contribution in [3.63, 3.8) is 0 Å². The number of nitrogens with zero attached hydrogens (tertiary/aromatic N) is 3. The molecule has 0 spiro atoms. The smallest absolute Gasteiger partial charge is 0.138 e. The number of aromatic nitrogens is 3. The molecule has 0 fully saturated rings. The number of nitrogens with two attached hydrogens (primary N) is 1. The molecule has 0 saturated carbocycles. The van der Waals surface area contributed by atoms with E-state index in [1.54, 1.807) is 6.33 Å². The first-order chi connectivity index (χ1) is 8.99. The van der Waals surface area contributed by atoms with E-state index in [1.807, 2.05) is 10.7 Å². The van der Waals surface area contributed by atoms with E-state index in [2.05, 4.69) is 74.6 Å². The monoisotopic (exact) mass is 434 g/mol. The predicted octanol–water partition coefficient (Wildman–Crippen LogP) is 3.47. The Balaban J connectivity index is 2.23. The van der Waals surface area contributed by atoms with Crippen LogP contribution in [0.15, 0.2) is 29.0 Å². The second-order valence-corrected chi connectivity index (χ2v) is 6.77. The van der Waals surface area contributed by atoms with E-state index in [9.17, 15) is 0 Å². The Hall–Kier alpha value is -0.470. The molecule has 1 heterocycles. The van der Waals surface area contributed by atoms with Crippen LogP contribution in [0.1, 0.15) is 37.3 Å². The van der Waals surface area contributed by atoms with Gasteiger partial charge in [0.15, 0.2) is 0 Å². The molecule has 0 aliphatic heterocycles. The van der Waals surface area contributed by atoms with E-state index in [4.69, 9.17) is 5.73 Å². The molecule has 1 unspecified atom stereocenters. The number of hydrogen-bond donors (Lipinski definition) is 1. The molecule has 1 aromatic heterocycles. The van der Waals surface area contributed by atoms with Gasteiger partial charge >= 0.3 is 0 Å². The highest BCUT2D eigenvalue weighted by molar-refractivity contribution is 14.1. The molecule has 0 aliphatic carbocycles. The summed E-state index contributed by atoms with van der Waals surface area (Å²) in [6, 6.07) is 6.38. The van der Waals surface area contributed by atoms with E-state index < -0.39 is 0 Å². The summed E-state index contributed by atoms with van der Waals surface area (Å²) >= 11 is 5.80. The first-order valence-corrected chi connectivity index (χ1v) is 7.95. The third kappa shape index (κ3) is 3.55. The average molecular weight is 435 g/mol. The highest BCUT2D eigenvalue weighted by atomic mass is 127. The maximum absolute atomic E-state index is 6.32. The Morgan fingerprint density at radius 3 is 2.84 bits per heavy atom. The highest BCUT2D eigenvalue weighted by Crippen LogP contribution is 2.25. The van der Waals surface area contributed by atoms with Crippen molar-refractivity contribution in [3.05, 3.63) is 44.0 Å². The van der Waals surface area contributed by atoms with E-state index in [-0.39, 0.29) is 6.04 Å². The second-order valence-electron chi connectivity index (χ2n) is 4.69. The predicted molar refractivity (Wildman–Crippen MR) is 87.9 cm³/mol. The maximum atomic E-state index is 6.32. The largest absolute Gasteiger partial charge is 0.324 e. The molecule has 4 nitrogen and oxygen atoms in total. The quantitative estimate of drug-likeness (QED) is 0.749. The highest BCUT2D eigenvalue weighted by Gasteiger charge is 2.16. The van der Waals surface area contributed by atoms with Crippen LogP contribution in [0.4, 0.5) is 0 Å². The van der Waals surface area contributed by atoms with Crippen molar-refractivity contribution in [3.8, 4) is 0 Å². The molecule has 0 saturated heterocycles. The Bertz CT molecular complexity index is 568. The van der Waals surface area contributed by atoms with Crippen LogP contribution in [0.3, 0.4) is 0 Å². The zero-order valence-corrected chi connectivity index (χ0v) is 14.6. The van der Waals surface area contributed by atoms with Crippen LogP contribution in [0.25, 0.3) is 0 Å². The molecule has 2 aromatic rings. The lowest BCUT2D eigenvalue weighted by Gasteiger charge is -2.16. The Labute approximate surface area is 135 Å². The van der Waals surface area contributed by atoms with Crippen molar-refractivity contribution < 1.29 is 0 Å². The molecule has 102 valence electrons.